The Hall–Kier alpha value is -0.790. The molecule has 0 radical (unpaired) electrons. The van der Waals surface area contributed by atoms with Gasteiger partial charge < -0.3 is 4.74 Å². The molecule has 2 nitrogen and oxygen atoms in total. The molecule has 0 N–H and O–H groups in total. The minimum absolute atomic E-state index is 0.223. The fourth-order valence-corrected chi connectivity index (χ4v) is 2.96. The lowest BCUT2D eigenvalue weighted by atomic mass is 9.74. The Morgan fingerprint density at radius 3 is 2.18 bits per heavy atom. The summed E-state index contributed by atoms with van der Waals surface area (Å²) >= 11 is 0. The molecular formula is C15H26O2. The maximum Gasteiger partial charge on any atom is 0.333 e. The van der Waals surface area contributed by atoms with E-state index in [1.807, 2.05) is 0 Å². The lowest BCUT2D eigenvalue weighted by molar-refractivity contribution is -0.164. The highest BCUT2D eigenvalue weighted by Crippen LogP contribution is 2.39. The molecule has 1 aliphatic carbocycles. The predicted molar refractivity (Wildman–Crippen MR) is 70.8 cm³/mol. The second-order valence-corrected chi connectivity index (χ2v) is 5.28. The summed E-state index contributed by atoms with van der Waals surface area (Å²) in [7, 11) is 0. The van der Waals surface area contributed by atoms with E-state index in [-0.39, 0.29) is 11.6 Å². The number of rotatable bonds is 5. The third kappa shape index (κ3) is 3.34. The molecule has 0 saturated heterocycles. The lowest BCUT2D eigenvalue weighted by Crippen LogP contribution is -2.42. The quantitative estimate of drug-likeness (QED) is 0.529. The Bertz CT molecular complexity index is 271. The van der Waals surface area contributed by atoms with Crippen molar-refractivity contribution in [2.24, 2.45) is 5.92 Å². The Morgan fingerprint density at radius 1 is 1.24 bits per heavy atom. The SMILES string of the molecule is C=C(C)C(=O)OC(CC)(CC)C1CCCCC1. The molecule has 0 spiro atoms. The summed E-state index contributed by atoms with van der Waals surface area (Å²) in [5.41, 5.74) is 0.253. The van der Waals surface area contributed by atoms with Crippen LogP contribution < -0.4 is 0 Å². The van der Waals surface area contributed by atoms with Crippen molar-refractivity contribution >= 4 is 5.97 Å². The van der Waals surface area contributed by atoms with Crippen molar-refractivity contribution in [2.45, 2.75) is 71.3 Å². The maximum absolute atomic E-state index is 11.8. The fraction of sp³-hybridized carbons (Fsp3) is 0.800. The maximum atomic E-state index is 11.8. The molecule has 0 heterocycles. The average Bonchev–Trinajstić information content (AvgIpc) is 2.36. The molecule has 0 aromatic carbocycles. The Kier molecular flexibility index (Phi) is 5.23. The average molecular weight is 238 g/mol. The van der Waals surface area contributed by atoms with E-state index in [0.29, 0.717) is 11.5 Å². The standard InChI is InChI=1S/C15H26O2/c1-5-15(6-2,17-14(16)12(3)4)13-10-8-7-9-11-13/h13H,3,5-11H2,1-2,4H3. The van der Waals surface area contributed by atoms with Crippen LogP contribution in [0.5, 0.6) is 0 Å². The van der Waals surface area contributed by atoms with Gasteiger partial charge in [-0.2, -0.15) is 0 Å². The molecule has 1 aliphatic rings. The van der Waals surface area contributed by atoms with Crippen LogP contribution in [0.2, 0.25) is 0 Å². The van der Waals surface area contributed by atoms with Crippen molar-refractivity contribution in [3.05, 3.63) is 12.2 Å². The van der Waals surface area contributed by atoms with Crippen molar-refractivity contribution in [2.75, 3.05) is 0 Å². The van der Waals surface area contributed by atoms with E-state index in [1.54, 1.807) is 6.92 Å². The Morgan fingerprint density at radius 2 is 1.76 bits per heavy atom. The van der Waals surface area contributed by atoms with Gasteiger partial charge in [0.2, 0.25) is 0 Å². The summed E-state index contributed by atoms with van der Waals surface area (Å²) in [6.45, 7) is 9.66. The van der Waals surface area contributed by atoms with Crippen molar-refractivity contribution < 1.29 is 9.53 Å². The second-order valence-electron chi connectivity index (χ2n) is 5.28. The molecule has 1 saturated carbocycles. The van der Waals surface area contributed by atoms with Gasteiger partial charge in [0.15, 0.2) is 0 Å². The molecule has 0 aromatic rings. The van der Waals surface area contributed by atoms with Gasteiger partial charge in [-0.1, -0.05) is 39.7 Å². The van der Waals surface area contributed by atoms with Gasteiger partial charge in [0.1, 0.15) is 5.60 Å². The van der Waals surface area contributed by atoms with Crippen LogP contribution in [0.1, 0.15) is 65.7 Å². The molecule has 0 aromatic heterocycles. The zero-order valence-corrected chi connectivity index (χ0v) is 11.6. The van der Waals surface area contributed by atoms with Crippen LogP contribution in [0.25, 0.3) is 0 Å². The van der Waals surface area contributed by atoms with E-state index in [4.69, 9.17) is 4.74 Å². The smallest absolute Gasteiger partial charge is 0.333 e. The first kappa shape index (κ1) is 14.3. The van der Waals surface area contributed by atoms with Crippen LogP contribution in [0.3, 0.4) is 0 Å². The van der Waals surface area contributed by atoms with Gasteiger partial charge >= 0.3 is 5.97 Å². The minimum Gasteiger partial charge on any atom is -0.455 e. The first-order valence-electron chi connectivity index (χ1n) is 6.94. The monoisotopic (exact) mass is 238 g/mol. The summed E-state index contributed by atoms with van der Waals surface area (Å²) in [6.07, 6.45) is 8.10. The molecule has 17 heavy (non-hydrogen) atoms. The number of ether oxygens (including phenoxy) is 1. The van der Waals surface area contributed by atoms with Gasteiger partial charge in [-0.3, -0.25) is 0 Å². The minimum atomic E-state index is -0.254. The molecule has 1 rings (SSSR count). The van der Waals surface area contributed by atoms with Gasteiger partial charge in [-0.05, 0) is 38.5 Å². The zero-order valence-electron chi connectivity index (χ0n) is 11.6. The van der Waals surface area contributed by atoms with E-state index < -0.39 is 0 Å². The predicted octanol–water partition coefficient (Wildman–Crippen LogP) is 4.24. The van der Waals surface area contributed by atoms with E-state index >= 15 is 0 Å². The van der Waals surface area contributed by atoms with Crippen molar-refractivity contribution in [1.29, 1.82) is 0 Å². The van der Waals surface area contributed by atoms with E-state index in [9.17, 15) is 4.79 Å². The van der Waals surface area contributed by atoms with Crippen LogP contribution >= 0.6 is 0 Å². The van der Waals surface area contributed by atoms with E-state index in [0.717, 1.165) is 12.8 Å². The highest BCUT2D eigenvalue weighted by Gasteiger charge is 2.39. The molecule has 0 atom stereocenters. The van der Waals surface area contributed by atoms with Gasteiger partial charge in [-0.25, -0.2) is 4.79 Å². The van der Waals surface area contributed by atoms with Crippen molar-refractivity contribution in [3.63, 3.8) is 0 Å². The molecular weight excluding hydrogens is 212 g/mol. The number of carbonyl (C=O) groups excluding carboxylic acids is 1. The van der Waals surface area contributed by atoms with Crippen LogP contribution in [0, 0.1) is 5.92 Å². The molecule has 1 fully saturated rings. The first-order chi connectivity index (χ1) is 8.05. The largest absolute Gasteiger partial charge is 0.455 e. The first-order valence-corrected chi connectivity index (χ1v) is 6.94. The normalized spacial score (nSPS) is 17.8. The van der Waals surface area contributed by atoms with Crippen LogP contribution in [-0.4, -0.2) is 11.6 Å². The third-order valence-corrected chi connectivity index (χ3v) is 4.19. The molecule has 0 unspecified atom stereocenters. The molecule has 2 heteroatoms. The number of carbonyl (C=O) groups is 1. The van der Waals surface area contributed by atoms with Crippen LogP contribution in [0.15, 0.2) is 12.2 Å². The Labute approximate surface area is 105 Å². The Balaban J connectivity index is 2.79. The van der Waals surface area contributed by atoms with Gasteiger partial charge in [-0.15, -0.1) is 0 Å². The topological polar surface area (TPSA) is 26.3 Å². The number of hydrogen-bond donors (Lipinski definition) is 0. The van der Waals surface area contributed by atoms with Crippen LogP contribution in [0.4, 0.5) is 0 Å². The second kappa shape index (κ2) is 6.23. The molecule has 0 aliphatic heterocycles. The van der Waals surface area contributed by atoms with Crippen LogP contribution in [-0.2, 0) is 9.53 Å². The number of hydrogen-bond acceptors (Lipinski definition) is 2. The summed E-state index contributed by atoms with van der Waals surface area (Å²) in [6, 6.07) is 0. The highest BCUT2D eigenvalue weighted by atomic mass is 16.6. The van der Waals surface area contributed by atoms with Gasteiger partial charge in [0.25, 0.3) is 0 Å². The van der Waals surface area contributed by atoms with E-state index in [1.165, 1.54) is 32.1 Å². The molecule has 0 amide bonds. The lowest BCUT2D eigenvalue weighted by Gasteiger charge is -2.41. The molecule has 0 bridgehead atoms. The molecule has 98 valence electrons. The number of esters is 1. The van der Waals surface area contributed by atoms with Gasteiger partial charge in [0.05, 0.1) is 0 Å². The van der Waals surface area contributed by atoms with Crippen molar-refractivity contribution in [1.82, 2.24) is 0 Å². The summed E-state index contributed by atoms with van der Waals surface area (Å²) in [5.74, 6) is 0.314. The fourth-order valence-electron chi connectivity index (χ4n) is 2.96. The highest BCUT2D eigenvalue weighted by molar-refractivity contribution is 5.87. The summed E-state index contributed by atoms with van der Waals surface area (Å²) in [5, 5.41) is 0. The van der Waals surface area contributed by atoms with Gasteiger partial charge in [0, 0.05) is 5.57 Å². The third-order valence-electron chi connectivity index (χ3n) is 4.19. The van der Waals surface area contributed by atoms with Crippen molar-refractivity contribution in [3.8, 4) is 0 Å². The van der Waals surface area contributed by atoms with E-state index in [2.05, 4.69) is 20.4 Å². The summed E-state index contributed by atoms with van der Waals surface area (Å²) < 4.78 is 5.80. The summed E-state index contributed by atoms with van der Waals surface area (Å²) in [4.78, 5) is 11.8. The zero-order chi connectivity index (χ0) is 12.9.